The number of halogens is 1. The summed E-state index contributed by atoms with van der Waals surface area (Å²) in [6.07, 6.45) is 2.75. The predicted octanol–water partition coefficient (Wildman–Crippen LogP) is 2.42. The lowest BCUT2D eigenvalue weighted by Crippen LogP contribution is -2.34. The standard InChI is InChI=1S/C15H16ClN3O2/c1-21-8-7-19(11-12-5-3-2-4-6-12)15(20)13-9-18-14(16)10-17-13/h2-6,9-10H,7-8,11H2,1H3. The van der Waals surface area contributed by atoms with Crippen molar-refractivity contribution in [3.05, 3.63) is 59.1 Å². The topological polar surface area (TPSA) is 55.3 Å². The summed E-state index contributed by atoms with van der Waals surface area (Å²) >= 11 is 5.69. The first kappa shape index (κ1) is 15.4. The van der Waals surface area contributed by atoms with Gasteiger partial charge in [-0.3, -0.25) is 4.79 Å². The van der Waals surface area contributed by atoms with Gasteiger partial charge in [0.2, 0.25) is 0 Å². The molecule has 0 saturated heterocycles. The molecule has 0 radical (unpaired) electrons. The maximum atomic E-state index is 12.5. The van der Waals surface area contributed by atoms with Gasteiger partial charge in [0.05, 0.1) is 19.0 Å². The van der Waals surface area contributed by atoms with Crippen LogP contribution >= 0.6 is 11.6 Å². The molecule has 0 spiro atoms. The number of carbonyl (C=O) groups excluding carboxylic acids is 1. The Balaban J connectivity index is 2.14. The van der Waals surface area contributed by atoms with E-state index < -0.39 is 0 Å². The Morgan fingerprint density at radius 1 is 1.24 bits per heavy atom. The van der Waals surface area contributed by atoms with Gasteiger partial charge in [-0.05, 0) is 5.56 Å². The van der Waals surface area contributed by atoms with Crippen molar-refractivity contribution >= 4 is 17.5 Å². The number of aromatic nitrogens is 2. The Labute approximate surface area is 128 Å². The zero-order chi connectivity index (χ0) is 15.1. The zero-order valence-corrected chi connectivity index (χ0v) is 12.5. The molecule has 0 fully saturated rings. The lowest BCUT2D eigenvalue weighted by Gasteiger charge is -2.22. The Kier molecular flexibility index (Phi) is 5.66. The maximum Gasteiger partial charge on any atom is 0.274 e. The molecule has 1 aromatic carbocycles. The van der Waals surface area contributed by atoms with Crippen LogP contribution in [0.3, 0.4) is 0 Å². The van der Waals surface area contributed by atoms with E-state index in [4.69, 9.17) is 16.3 Å². The van der Waals surface area contributed by atoms with Crippen molar-refractivity contribution in [2.75, 3.05) is 20.3 Å². The average Bonchev–Trinajstić information content (AvgIpc) is 2.52. The third kappa shape index (κ3) is 4.51. The van der Waals surface area contributed by atoms with Gasteiger partial charge in [-0.25, -0.2) is 9.97 Å². The number of ether oxygens (including phenoxy) is 1. The predicted molar refractivity (Wildman–Crippen MR) is 80.1 cm³/mol. The van der Waals surface area contributed by atoms with Gasteiger partial charge >= 0.3 is 0 Å². The molecular formula is C15H16ClN3O2. The summed E-state index contributed by atoms with van der Waals surface area (Å²) in [5.74, 6) is -0.194. The Morgan fingerprint density at radius 3 is 2.62 bits per heavy atom. The lowest BCUT2D eigenvalue weighted by molar-refractivity contribution is 0.0674. The highest BCUT2D eigenvalue weighted by molar-refractivity contribution is 6.29. The summed E-state index contributed by atoms with van der Waals surface area (Å²) in [6, 6.07) is 9.77. The summed E-state index contributed by atoms with van der Waals surface area (Å²) in [5.41, 5.74) is 1.32. The highest BCUT2D eigenvalue weighted by Crippen LogP contribution is 2.09. The van der Waals surface area contributed by atoms with Crippen molar-refractivity contribution in [2.45, 2.75) is 6.54 Å². The molecule has 1 heterocycles. The van der Waals surface area contributed by atoms with Crippen molar-refractivity contribution in [3.63, 3.8) is 0 Å². The van der Waals surface area contributed by atoms with E-state index in [1.807, 2.05) is 30.3 Å². The third-order valence-electron chi connectivity index (χ3n) is 2.91. The van der Waals surface area contributed by atoms with Crippen LogP contribution in [-0.4, -0.2) is 41.0 Å². The summed E-state index contributed by atoms with van der Waals surface area (Å²) in [4.78, 5) is 22.1. The van der Waals surface area contributed by atoms with Crippen LogP contribution in [0.15, 0.2) is 42.7 Å². The Hall–Kier alpha value is -1.98. The first-order valence-corrected chi connectivity index (χ1v) is 6.88. The van der Waals surface area contributed by atoms with Crippen molar-refractivity contribution < 1.29 is 9.53 Å². The van der Waals surface area contributed by atoms with Gasteiger partial charge < -0.3 is 9.64 Å². The number of benzene rings is 1. The number of rotatable bonds is 6. The number of methoxy groups -OCH3 is 1. The van der Waals surface area contributed by atoms with Gasteiger partial charge in [0.15, 0.2) is 0 Å². The number of nitrogens with zero attached hydrogens (tertiary/aromatic N) is 3. The lowest BCUT2D eigenvalue weighted by atomic mass is 10.2. The van der Waals surface area contributed by atoms with Gasteiger partial charge in [-0.15, -0.1) is 0 Å². The summed E-state index contributed by atoms with van der Waals surface area (Å²) in [7, 11) is 1.60. The monoisotopic (exact) mass is 305 g/mol. The summed E-state index contributed by atoms with van der Waals surface area (Å²) in [5, 5.41) is 0.262. The van der Waals surface area contributed by atoms with Crippen LogP contribution in [0, 0.1) is 0 Å². The minimum atomic E-state index is -0.194. The molecule has 1 aromatic heterocycles. The van der Waals surface area contributed by atoms with Gasteiger partial charge in [0, 0.05) is 20.2 Å². The fraction of sp³-hybridized carbons (Fsp3) is 0.267. The molecule has 0 saturated carbocycles. The molecule has 110 valence electrons. The van der Waals surface area contributed by atoms with Crippen molar-refractivity contribution in [3.8, 4) is 0 Å². The molecule has 0 N–H and O–H groups in total. The molecule has 0 aliphatic heterocycles. The largest absolute Gasteiger partial charge is 0.383 e. The quantitative estimate of drug-likeness (QED) is 0.822. The fourth-order valence-corrected chi connectivity index (χ4v) is 1.94. The van der Waals surface area contributed by atoms with Crippen LogP contribution in [0.25, 0.3) is 0 Å². The van der Waals surface area contributed by atoms with E-state index in [9.17, 15) is 4.79 Å². The molecular weight excluding hydrogens is 290 g/mol. The fourth-order valence-electron chi connectivity index (χ4n) is 1.84. The van der Waals surface area contributed by atoms with E-state index in [2.05, 4.69) is 9.97 Å². The average molecular weight is 306 g/mol. The van der Waals surface area contributed by atoms with E-state index >= 15 is 0 Å². The summed E-state index contributed by atoms with van der Waals surface area (Å²) in [6.45, 7) is 1.43. The minimum absolute atomic E-state index is 0.194. The molecule has 21 heavy (non-hydrogen) atoms. The molecule has 6 heteroatoms. The van der Waals surface area contributed by atoms with E-state index in [-0.39, 0.29) is 16.8 Å². The molecule has 5 nitrogen and oxygen atoms in total. The van der Waals surface area contributed by atoms with E-state index in [1.165, 1.54) is 12.4 Å². The molecule has 0 unspecified atom stereocenters. The SMILES string of the molecule is COCCN(Cc1ccccc1)C(=O)c1cnc(Cl)cn1. The molecule has 1 amide bonds. The van der Waals surface area contributed by atoms with Crippen molar-refractivity contribution in [1.82, 2.24) is 14.9 Å². The number of hydrogen-bond acceptors (Lipinski definition) is 4. The van der Waals surface area contributed by atoms with Crippen LogP contribution in [-0.2, 0) is 11.3 Å². The van der Waals surface area contributed by atoms with Crippen LogP contribution < -0.4 is 0 Å². The molecule has 0 atom stereocenters. The molecule has 2 rings (SSSR count). The van der Waals surface area contributed by atoms with Gasteiger partial charge in [-0.1, -0.05) is 41.9 Å². The first-order chi connectivity index (χ1) is 10.2. The first-order valence-electron chi connectivity index (χ1n) is 6.50. The minimum Gasteiger partial charge on any atom is -0.383 e. The van der Waals surface area contributed by atoms with Crippen LogP contribution in [0.1, 0.15) is 16.1 Å². The Bertz CT molecular complexity index is 575. The van der Waals surface area contributed by atoms with Gasteiger partial charge in [0.25, 0.3) is 5.91 Å². The van der Waals surface area contributed by atoms with Crippen LogP contribution in [0.2, 0.25) is 5.15 Å². The highest BCUT2D eigenvalue weighted by atomic mass is 35.5. The maximum absolute atomic E-state index is 12.5. The van der Waals surface area contributed by atoms with E-state index in [0.717, 1.165) is 5.56 Å². The molecule has 2 aromatic rings. The molecule has 0 bridgehead atoms. The second kappa shape index (κ2) is 7.71. The molecule has 0 aliphatic carbocycles. The van der Waals surface area contributed by atoms with Crippen molar-refractivity contribution in [1.29, 1.82) is 0 Å². The zero-order valence-electron chi connectivity index (χ0n) is 11.7. The number of amides is 1. The molecule has 0 aliphatic rings. The van der Waals surface area contributed by atoms with E-state index in [1.54, 1.807) is 12.0 Å². The second-order valence-corrected chi connectivity index (χ2v) is 4.82. The highest BCUT2D eigenvalue weighted by Gasteiger charge is 2.17. The number of carbonyl (C=O) groups is 1. The summed E-state index contributed by atoms with van der Waals surface area (Å²) < 4.78 is 5.06. The number of hydrogen-bond donors (Lipinski definition) is 0. The Morgan fingerprint density at radius 2 is 2.00 bits per heavy atom. The van der Waals surface area contributed by atoms with Crippen LogP contribution in [0.4, 0.5) is 0 Å². The smallest absolute Gasteiger partial charge is 0.274 e. The normalized spacial score (nSPS) is 10.4. The third-order valence-corrected chi connectivity index (χ3v) is 3.10. The van der Waals surface area contributed by atoms with Gasteiger partial charge in [-0.2, -0.15) is 0 Å². The second-order valence-electron chi connectivity index (χ2n) is 4.43. The van der Waals surface area contributed by atoms with Crippen molar-refractivity contribution in [2.24, 2.45) is 0 Å². The van der Waals surface area contributed by atoms with E-state index in [0.29, 0.717) is 19.7 Å². The van der Waals surface area contributed by atoms with Crippen LogP contribution in [0.5, 0.6) is 0 Å². The van der Waals surface area contributed by atoms with Gasteiger partial charge in [0.1, 0.15) is 10.8 Å².